The van der Waals surface area contributed by atoms with Gasteiger partial charge < -0.3 is 14.9 Å². The highest BCUT2D eigenvalue weighted by Gasteiger charge is 2.37. The molecule has 2 aliphatic rings. The third-order valence-corrected chi connectivity index (χ3v) is 3.23. The molecule has 0 aromatic rings. The van der Waals surface area contributed by atoms with E-state index in [-0.39, 0.29) is 18.6 Å². The molecular weight excluding hydrogens is 208 g/mol. The first kappa shape index (κ1) is 11.2. The minimum atomic E-state index is -0.924. The number of nitrogens with zero attached hydrogens (tertiary/aromatic N) is 2. The predicted molar refractivity (Wildman–Crippen MR) is 58.1 cm³/mol. The maximum atomic E-state index is 12.1. The van der Waals surface area contributed by atoms with Crippen LogP contribution in [0.15, 0.2) is 0 Å². The van der Waals surface area contributed by atoms with Gasteiger partial charge in [-0.15, -0.1) is 0 Å². The fourth-order valence-electron chi connectivity index (χ4n) is 2.18. The molecule has 0 spiro atoms. The van der Waals surface area contributed by atoms with Gasteiger partial charge in [0.1, 0.15) is 6.54 Å². The summed E-state index contributed by atoms with van der Waals surface area (Å²) in [6.45, 7) is 3.49. The molecule has 1 aliphatic heterocycles. The van der Waals surface area contributed by atoms with Gasteiger partial charge in [-0.1, -0.05) is 6.92 Å². The number of carboxylic acids is 1. The molecule has 0 bridgehead atoms. The third-order valence-electron chi connectivity index (χ3n) is 3.23. The second-order valence-corrected chi connectivity index (χ2v) is 4.88. The summed E-state index contributed by atoms with van der Waals surface area (Å²) < 4.78 is 0. The maximum absolute atomic E-state index is 12.1. The molecule has 16 heavy (non-hydrogen) atoms. The summed E-state index contributed by atoms with van der Waals surface area (Å²) >= 11 is 0. The molecule has 1 heterocycles. The van der Waals surface area contributed by atoms with E-state index < -0.39 is 5.97 Å². The molecule has 1 saturated carbocycles. The van der Waals surface area contributed by atoms with E-state index in [1.165, 1.54) is 4.90 Å². The van der Waals surface area contributed by atoms with Crippen LogP contribution >= 0.6 is 0 Å². The minimum absolute atomic E-state index is 0.0887. The summed E-state index contributed by atoms with van der Waals surface area (Å²) in [7, 11) is 0. The Morgan fingerprint density at radius 1 is 1.38 bits per heavy atom. The number of carbonyl (C=O) groups is 2. The molecule has 1 N–H and O–H groups in total. The van der Waals surface area contributed by atoms with Gasteiger partial charge in [-0.2, -0.15) is 0 Å². The summed E-state index contributed by atoms with van der Waals surface area (Å²) in [5.41, 5.74) is 0. The van der Waals surface area contributed by atoms with Crippen LogP contribution in [-0.2, 0) is 4.79 Å². The Kier molecular flexibility index (Phi) is 3.03. The monoisotopic (exact) mass is 226 g/mol. The SMILES string of the molecule is CC1CCN(C(=O)N(CC(=O)O)C2CC2)C1. The van der Waals surface area contributed by atoms with Crippen LogP contribution in [0.5, 0.6) is 0 Å². The Balaban J connectivity index is 1.96. The fraction of sp³-hybridized carbons (Fsp3) is 0.818. The predicted octanol–water partition coefficient (Wildman–Crippen LogP) is 0.997. The highest BCUT2D eigenvalue weighted by Crippen LogP contribution is 2.28. The van der Waals surface area contributed by atoms with E-state index in [0.717, 1.165) is 32.4 Å². The van der Waals surface area contributed by atoms with Crippen LogP contribution in [0.25, 0.3) is 0 Å². The van der Waals surface area contributed by atoms with Crippen molar-refractivity contribution in [2.75, 3.05) is 19.6 Å². The summed E-state index contributed by atoms with van der Waals surface area (Å²) in [4.78, 5) is 26.1. The average Bonchev–Trinajstić information content (AvgIpc) is 2.96. The van der Waals surface area contributed by atoms with Crippen LogP contribution < -0.4 is 0 Å². The zero-order valence-electron chi connectivity index (χ0n) is 9.56. The van der Waals surface area contributed by atoms with Gasteiger partial charge >= 0.3 is 12.0 Å². The number of hydrogen-bond donors (Lipinski definition) is 1. The van der Waals surface area contributed by atoms with Crippen LogP contribution in [-0.4, -0.2) is 52.6 Å². The van der Waals surface area contributed by atoms with Crippen LogP contribution in [0.2, 0.25) is 0 Å². The van der Waals surface area contributed by atoms with E-state index in [9.17, 15) is 9.59 Å². The number of carbonyl (C=O) groups excluding carboxylic acids is 1. The molecule has 5 nitrogen and oxygen atoms in total. The lowest BCUT2D eigenvalue weighted by Crippen LogP contribution is -2.45. The largest absolute Gasteiger partial charge is 0.480 e. The quantitative estimate of drug-likeness (QED) is 0.780. The van der Waals surface area contributed by atoms with Crippen molar-refractivity contribution in [2.24, 2.45) is 5.92 Å². The summed E-state index contributed by atoms with van der Waals surface area (Å²) in [5, 5.41) is 8.79. The Labute approximate surface area is 95.0 Å². The molecule has 0 aromatic carbocycles. The third kappa shape index (κ3) is 2.46. The van der Waals surface area contributed by atoms with Crippen LogP contribution in [0, 0.1) is 5.92 Å². The molecule has 0 radical (unpaired) electrons. The van der Waals surface area contributed by atoms with Gasteiger partial charge in [0, 0.05) is 19.1 Å². The number of hydrogen-bond acceptors (Lipinski definition) is 2. The van der Waals surface area contributed by atoms with Gasteiger partial charge in [-0.25, -0.2) is 4.79 Å². The number of likely N-dealkylation sites (tertiary alicyclic amines) is 1. The molecule has 1 atom stereocenters. The first-order valence-corrected chi connectivity index (χ1v) is 5.85. The Morgan fingerprint density at radius 3 is 2.50 bits per heavy atom. The zero-order valence-corrected chi connectivity index (χ0v) is 9.56. The van der Waals surface area contributed by atoms with Crippen molar-refractivity contribution in [3.05, 3.63) is 0 Å². The van der Waals surface area contributed by atoms with Crippen LogP contribution in [0.1, 0.15) is 26.2 Å². The highest BCUT2D eigenvalue weighted by molar-refractivity contribution is 5.81. The van der Waals surface area contributed by atoms with E-state index in [0.29, 0.717) is 5.92 Å². The second kappa shape index (κ2) is 4.31. The normalized spacial score (nSPS) is 24.6. The molecule has 0 aromatic heterocycles. The molecule has 2 rings (SSSR count). The van der Waals surface area contributed by atoms with Crippen molar-refractivity contribution in [1.29, 1.82) is 0 Å². The molecular formula is C11H18N2O3. The first-order valence-electron chi connectivity index (χ1n) is 5.85. The van der Waals surface area contributed by atoms with Gasteiger partial charge in [0.2, 0.25) is 0 Å². The van der Waals surface area contributed by atoms with Gasteiger partial charge in [0.05, 0.1) is 0 Å². The van der Waals surface area contributed by atoms with Gasteiger partial charge in [0.15, 0.2) is 0 Å². The first-order chi connectivity index (χ1) is 7.58. The minimum Gasteiger partial charge on any atom is -0.480 e. The van der Waals surface area contributed by atoms with Crippen LogP contribution in [0.4, 0.5) is 4.79 Å². The lowest BCUT2D eigenvalue weighted by Gasteiger charge is -2.26. The average molecular weight is 226 g/mol. The Morgan fingerprint density at radius 2 is 2.06 bits per heavy atom. The van der Waals surface area contributed by atoms with Gasteiger partial charge in [0.25, 0.3) is 0 Å². The Bertz CT molecular complexity index is 302. The smallest absolute Gasteiger partial charge is 0.323 e. The number of rotatable bonds is 3. The topological polar surface area (TPSA) is 60.9 Å². The Hall–Kier alpha value is -1.26. The van der Waals surface area contributed by atoms with Gasteiger partial charge in [-0.3, -0.25) is 4.79 Å². The standard InChI is InChI=1S/C11H18N2O3/c1-8-4-5-12(6-8)11(16)13(7-10(14)15)9-2-3-9/h8-9H,2-7H2,1H3,(H,14,15). The van der Waals surface area contributed by atoms with Crippen molar-refractivity contribution in [2.45, 2.75) is 32.2 Å². The van der Waals surface area contributed by atoms with E-state index in [1.807, 2.05) is 0 Å². The molecule has 2 amide bonds. The number of carboxylic acid groups (broad SMARTS) is 1. The fourth-order valence-corrected chi connectivity index (χ4v) is 2.18. The summed E-state index contributed by atoms with van der Waals surface area (Å²) in [6, 6.07) is 0.0776. The van der Waals surface area contributed by atoms with Crippen molar-refractivity contribution < 1.29 is 14.7 Å². The molecule has 1 saturated heterocycles. The van der Waals surface area contributed by atoms with E-state index in [2.05, 4.69) is 6.92 Å². The maximum Gasteiger partial charge on any atom is 0.323 e. The second-order valence-electron chi connectivity index (χ2n) is 4.88. The summed E-state index contributed by atoms with van der Waals surface area (Å²) in [6.07, 6.45) is 2.92. The zero-order chi connectivity index (χ0) is 11.7. The molecule has 1 aliphatic carbocycles. The van der Waals surface area contributed by atoms with Crippen molar-refractivity contribution in [3.8, 4) is 0 Å². The van der Waals surface area contributed by atoms with Crippen molar-refractivity contribution in [3.63, 3.8) is 0 Å². The molecule has 5 heteroatoms. The van der Waals surface area contributed by atoms with E-state index in [1.54, 1.807) is 4.90 Å². The van der Waals surface area contributed by atoms with Crippen molar-refractivity contribution >= 4 is 12.0 Å². The van der Waals surface area contributed by atoms with Crippen LogP contribution in [0.3, 0.4) is 0 Å². The lowest BCUT2D eigenvalue weighted by molar-refractivity contribution is -0.137. The molecule has 90 valence electrons. The number of urea groups is 1. The van der Waals surface area contributed by atoms with E-state index >= 15 is 0 Å². The summed E-state index contributed by atoms with van der Waals surface area (Å²) in [5.74, 6) is -0.387. The number of aliphatic carboxylic acids is 1. The molecule has 2 fully saturated rings. The van der Waals surface area contributed by atoms with Crippen molar-refractivity contribution in [1.82, 2.24) is 9.80 Å². The van der Waals surface area contributed by atoms with E-state index in [4.69, 9.17) is 5.11 Å². The van der Waals surface area contributed by atoms with Gasteiger partial charge in [-0.05, 0) is 25.2 Å². The lowest BCUT2D eigenvalue weighted by atomic mass is 10.2. The highest BCUT2D eigenvalue weighted by atomic mass is 16.4. The number of amides is 2. The molecule has 1 unspecified atom stereocenters.